The van der Waals surface area contributed by atoms with Gasteiger partial charge in [0.25, 0.3) is 0 Å². The molecule has 0 fully saturated rings. The average molecular weight is 316 g/mol. The third kappa shape index (κ3) is 1.95. The lowest BCUT2D eigenvalue weighted by atomic mass is 10.1. The highest BCUT2D eigenvalue weighted by Crippen LogP contribution is 2.32. The average Bonchev–Trinajstić information content (AvgIpc) is 3.32. The van der Waals surface area contributed by atoms with Crippen LogP contribution in [0.5, 0.6) is 0 Å². The standard InChI is InChI=1S/C17H12N6O/c18-17-21-13-7-9(12-5-6-19-23-12)1-3-11(13)16(22-17)20-14-8-10-2-4-15(14)24-10/h1-8H,(H,19,23)(H3,18,20,21,22). The van der Waals surface area contributed by atoms with Crippen LogP contribution in [-0.2, 0) is 0 Å². The Morgan fingerprint density at radius 1 is 1.04 bits per heavy atom. The van der Waals surface area contributed by atoms with Crippen molar-refractivity contribution in [3.63, 3.8) is 0 Å². The van der Waals surface area contributed by atoms with E-state index in [1.165, 1.54) is 0 Å². The highest BCUT2D eigenvalue weighted by Gasteiger charge is 2.12. The van der Waals surface area contributed by atoms with Gasteiger partial charge < -0.3 is 15.5 Å². The maximum absolute atomic E-state index is 5.88. The van der Waals surface area contributed by atoms with Crippen molar-refractivity contribution in [2.24, 2.45) is 0 Å². The number of rotatable bonds is 3. The number of nitrogen functional groups attached to an aromatic ring is 1. The van der Waals surface area contributed by atoms with Gasteiger partial charge in [0, 0.05) is 23.2 Å². The largest absolute Gasteiger partial charge is 0.455 e. The second-order valence-electron chi connectivity index (χ2n) is 5.52. The smallest absolute Gasteiger partial charge is 0.222 e. The fourth-order valence-corrected chi connectivity index (χ4v) is 2.84. The lowest BCUT2D eigenvalue weighted by Gasteiger charge is -2.09. The number of fused-ring (bicyclic) bond motifs is 3. The molecule has 5 aromatic rings. The molecule has 7 heteroatoms. The lowest BCUT2D eigenvalue weighted by Crippen LogP contribution is -2.01. The minimum atomic E-state index is 0.213. The van der Waals surface area contributed by atoms with E-state index in [0.29, 0.717) is 5.82 Å². The second-order valence-corrected chi connectivity index (χ2v) is 5.52. The number of nitrogens with two attached hydrogens (primary N) is 1. The number of hydrogen-bond acceptors (Lipinski definition) is 6. The molecule has 4 heterocycles. The zero-order valence-corrected chi connectivity index (χ0v) is 12.4. The fourth-order valence-electron chi connectivity index (χ4n) is 2.84. The summed E-state index contributed by atoms with van der Waals surface area (Å²) in [6.45, 7) is 0. The third-order valence-electron chi connectivity index (χ3n) is 3.96. The molecule has 0 saturated carbocycles. The summed E-state index contributed by atoms with van der Waals surface area (Å²) < 4.78 is 5.55. The van der Waals surface area contributed by atoms with Crippen LogP contribution in [0.15, 0.2) is 53.1 Å². The molecule has 0 aliphatic carbocycles. The first-order valence-corrected chi connectivity index (χ1v) is 7.42. The van der Waals surface area contributed by atoms with Gasteiger partial charge in [-0.05, 0) is 30.3 Å². The number of aromatic nitrogens is 4. The predicted molar refractivity (Wildman–Crippen MR) is 92.2 cm³/mol. The molecule has 116 valence electrons. The van der Waals surface area contributed by atoms with Crippen molar-refractivity contribution in [1.82, 2.24) is 20.2 Å². The molecule has 24 heavy (non-hydrogen) atoms. The van der Waals surface area contributed by atoms with Gasteiger partial charge in [-0.1, -0.05) is 6.07 Å². The van der Waals surface area contributed by atoms with Crippen molar-refractivity contribution in [3.8, 4) is 11.3 Å². The molecular weight excluding hydrogens is 304 g/mol. The molecule has 5 rings (SSSR count). The van der Waals surface area contributed by atoms with Crippen LogP contribution in [0, 0.1) is 0 Å². The molecule has 0 amide bonds. The van der Waals surface area contributed by atoms with Crippen LogP contribution in [0.3, 0.4) is 0 Å². The van der Waals surface area contributed by atoms with E-state index in [0.717, 1.165) is 39.0 Å². The molecule has 0 radical (unpaired) electrons. The monoisotopic (exact) mass is 316 g/mol. The maximum Gasteiger partial charge on any atom is 0.222 e. The first-order chi connectivity index (χ1) is 11.8. The Kier molecular flexibility index (Phi) is 2.52. The molecular formula is C17H12N6O. The van der Waals surface area contributed by atoms with Gasteiger partial charge in [-0.25, -0.2) is 4.98 Å². The Balaban J connectivity index is 1.64. The summed E-state index contributed by atoms with van der Waals surface area (Å²) in [4.78, 5) is 8.68. The van der Waals surface area contributed by atoms with Crippen molar-refractivity contribution in [2.75, 3.05) is 11.1 Å². The van der Waals surface area contributed by atoms with E-state index in [4.69, 9.17) is 10.2 Å². The van der Waals surface area contributed by atoms with Crippen LogP contribution in [-0.4, -0.2) is 20.2 Å². The van der Waals surface area contributed by atoms with Gasteiger partial charge in [0.15, 0.2) is 5.58 Å². The summed E-state index contributed by atoms with van der Waals surface area (Å²) in [6, 6.07) is 13.6. The van der Waals surface area contributed by atoms with E-state index < -0.39 is 0 Å². The molecule has 7 nitrogen and oxygen atoms in total. The number of hydrogen-bond donors (Lipinski definition) is 3. The van der Waals surface area contributed by atoms with Gasteiger partial charge in [-0.15, -0.1) is 0 Å². The summed E-state index contributed by atoms with van der Waals surface area (Å²) in [5, 5.41) is 11.1. The first-order valence-electron chi connectivity index (χ1n) is 7.42. The van der Waals surface area contributed by atoms with Gasteiger partial charge >= 0.3 is 0 Å². The molecule has 0 aliphatic heterocycles. The molecule has 0 spiro atoms. The quantitative estimate of drug-likeness (QED) is 0.470. The van der Waals surface area contributed by atoms with Crippen LogP contribution in [0.2, 0.25) is 0 Å². The van der Waals surface area contributed by atoms with Crippen LogP contribution < -0.4 is 11.1 Å². The number of furan rings is 2. The molecule has 0 atom stereocenters. The van der Waals surface area contributed by atoms with Crippen LogP contribution in [0.1, 0.15) is 0 Å². The molecule has 0 saturated heterocycles. The van der Waals surface area contributed by atoms with Crippen molar-refractivity contribution in [3.05, 3.63) is 48.7 Å². The zero-order valence-electron chi connectivity index (χ0n) is 12.4. The Morgan fingerprint density at radius 2 is 2.00 bits per heavy atom. The number of nitrogens with one attached hydrogen (secondary N) is 2. The molecule has 4 N–H and O–H groups in total. The normalized spacial score (nSPS) is 11.5. The number of anilines is 3. The molecule has 2 bridgehead atoms. The lowest BCUT2D eigenvalue weighted by molar-refractivity contribution is 0.676. The summed E-state index contributed by atoms with van der Waals surface area (Å²) in [5.41, 5.74) is 11.0. The van der Waals surface area contributed by atoms with Crippen LogP contribution in [0.25, 0.3) is 33.3 Å². The molecule has 0 unspecified atom stereocenters. The van der Waals surface area contributed by atoms with Crippen molar-refractivity contribution < 1.29 is 4.42 Å². The Labute approximate surface area is 135 Å². The van der Waals surface area contributed by atoms with Gasteiger partial charge in [-0.3, -0.25) is 5.10 Å². The Hall–Kier alpha value is -3.61. The van der Waals surface area contributed by atoms with Crippen LogP contribution in [0.4, 0.5) is 17.5 Å². The van der Waals surface area contributed by atoms with Gasteiger partial charge in [0.2, 0.25) is 5.95 Å². The van der Waals surface area contributed by atoms with Crippen LogP contribution >= 0.6 is 0 Å². The topological polar surface area (TPSA) is 106 Å². The van der Waals surface area contributed by atoms with Gasteiger partial charge in [0.05, 0.1) is 16.9 Å². The van der Waals surface area contributed by atoms with E-state index in [9.17, 15) is 0 Å². The van der Waals surface area contributed by atoms with E-state index in [2.05, 4.69) is 25.5 Å². The van der Waals surface area contributed by atoms with E-state index >= 15 is 0 Å². The van der Waals surface area contributed by atoms with E-state index in [1.54, 1.807) is 6.20 Å². The number of benzene rings is 2. The number of aromatic amines is 1. The minimum absolute atomic E-state index is 0.213. The molecule has 4 aromatic heterocycles. The summed E-state index contributed by atoms with van der Waals surface area (Å²) >= 11 is 0. The Bertz CT molecular complexity index is 1140. The maximum atomic E-state index is 5.88. The predicted octanol–water partition coefficient (Wildman–Crippen LogP) is 3.53. The summed E-state index contributed by atoms with van der Waals surface area (Å²) in [5.74, 6) is 0.863. The number of H-pyrrole nitrogens is 1. The zero-order chi connectivity index (χ0) is 16.1. The Morgan fingerprint density at radius 3 is 2.75 bits per heavy atom. The summed E-state index contributed by atoms with van der Waals surface area (Å²) in [7, 11) is 0. The van der Waals surface area contributed by atoms with E-state index in [-0.39, 0.29) is 5.95 Å². The van der Waals surface area contributed by atoms with Crippen molar-refractivity contribution in [2.45, 2.75) is 0 Å². The minimum Gasteiger partial charge on any atom is -0.455 e. The first kappa shape index (κ1) is 12.9. The van der Waals surface area contributed by atoms with Gasteiger partial charge in [0.1, 0.15) is 11.4 Å². The van der Waals surface area contributed by atoms with Crippen molar-refractivity contribution >= 4 is 39.5 Å². The van der Waals surface area contributed by atoms with Gasteiger partial charge in [-0.2, -0.15) is 10.1 Å². The van der Waals surface area contributed by atoms with Crippen molar-refractivity contribution in [1.29, 1.82) is 0 Å². The second kappa shape index (κ2) is 4.69. The highest BCUT2D eigenvalue weighted by atomic mass is 16.3. The third-order valence-corrected chi connectivity index (χ3v) is 3.96. The molecule has 1 aromatic carbocycles. The summed E-state index contributed by atoms with van der Waals surface area (Å²) in [6.07, 6.45) is 1.71. The SMILES string of the molecule is Nc1nc(Nc2cc3ccc2o3)c2ccc(-c3ccn[nH]3)cc2n1. The molecule has 0 aliphatic rings. The highest BCUT2D eigenvalue weighted by molar-refractivity contribution is 5.96. The fraction of sp³-hybridized carbons (Fsp3) is 0. The van der Waals surface area contributed by atoms with E-state index in [1.807, 2.05) is 42.5 Å². The number of nitrogens with zero attached hydrogens (tertiary/aromatic N) is 3.